The Hall–Kier alpha value is -0.730. The van der Waals surface area contributed by atoms with E-state index in [1.54, 1.807) is 6.07 Å². The number of halogens is 1. The molecular weight excluding hydrogens is 174 g/mol. The van der Waals surface area contributed by atoms with E-state index in [1.165, 1.54) is 5.56 Å². The van der Waals surface area contributed by atoms with Gasteiger partial charge in [0.1, 0.15) is 5.75 Å². The summed E-state index contributed by atoms with van der Waals surface area (Å²) in [5, 5.41) is 9.53. The molecule has 1 aromatic rings. The first-order valence-corrected chi connectivity index (χ1v) is 4.37. The molecule has 3 heteroatoms. The van der Waals surface area contributed by atoms with Crippen molar-refractivity contribution in [1.82, 2.24) is 4.84 Å². The van der Waals surface area contributed by atoms with E-state index in [4.69, 9.17) is 11.8 Å². The topological polar surface area (TPSA) is 32.3 Å². The minimum atomic E-state index is 0.114. The molecule has 0 aliphatic heterocycles. The van der Waals surface area contributed by atoms with E-state index >= 15 is 0 Å². The van der Waals surface area contributed by atoms with Crippen LogP contribution in [-0.2, 0) is 6.42 Å². The summed E-state index contributed by atoms with van der Waals surface area (Å²) in [6, 6.07) is 5.71. The third-order valence-corrected chi connectivity index (χ3v) is 2.62. The van der Waals surface area contributed by atoms with E-state index in [-0.39, 0.29) is 6.04 Å². The van der Waals surface area contributed by atoms with Crippen LogP contribution in [0.1, 0.15) is 23.6 Å². The van der Waals surface area contributed by atoms with Crippen LogP contribution in [0.2, 0.25) is 0 Å². The number of hydrogen-bond donors (Lipinski definition) is 2. The van der Waals surface area contributed by atoms with Gasteiger partial charge in [0.05, 0.1) is 6.04 Å². The van der Waals surface area contributed by atoms with Crippen molar-refractivity contribution < 1.29 is 5.11 Å². The van der Waals surface area contributed by atoms with Gasteiger partial charge in [-0.15, -0.1) is 0 Å². The Bertz CT molecular complexity index is 301. The fraction of sp³-hybridized carbons (Fsp3) is 0.333. The van der Waals surface area contributed by atoms with Crippen LogP contribution in [0.15, 0.2) is 18.2 Å². The van der Waals surface area contributed by atoms with Gasteiger partial charge in [0, 0.05) is 5.56 Å². The first kappa shape index (κ1) is 7.90. The summed E-state index contributed by atoms with van der Waals surface area (Å²) < 4.78 is 0. The highest BCUT2D eigenvalue weighted by molar-refractivity contribution is 6.13. The standard InChI is InChI=1S/C9H10ClNO/c10-11-7-5-4-6-2-1-3-8(12)9(6)7/h1-3,7,11-12H,4-5H2. The molecule has 0 fully saturated rings. The third kappa shape index (κ3) is 1.08. The van der Waals surface area contributed by atoms with Crippen molar-refractivity contribution in [2.24, 2.45) is 0 Å². The minimum absolute atomic E-state index is 0.114. The van der Waals surface area contributed by atoms with Crippen LogP contribution in [0.5, 0.6) is 5.75 Å². The molecule has 1 atom stereocenters. The average Bonchev–Trinajstić information content (AvgIpc) is 2.49. The van der Waals surface area contributed by atoms with Crippen LogP contribution in [-0.4, -0.2) is 5.11 Å². The summed E-state index contributed by atoms with van der Waals surface area (Å²) in [7, 11) is 0. The van der Waals surface area contributed by atoms with E-state index in [2.05, 4.69) is 4.84 Å². The van der Waals surface area contributed by atoms with E-state index in [1.807, 2.05) is 12.1 Å². The predicted octanol–water partition coefficient (Wildman–Crippen LogP) is 2.12. The SMILES string of the molecule is Oc1cccc2c1C(NCl)CC2. The van der Waals surface area contributed by atoms with E-state index in [0.29, 0.717) is 5.75 Å². The van der Waals surface area contributed by atoms with Gasteiger partial charge in [-0.05, 0) is 36.2 Å². The van der Waals surface area contributed by atoms with Gasteiger partial charge in [-0.1, -0.05) is 12.1 Å². The molecule has 64 valence electrons. The summed E-state index contributed by atoms with van der Waals surface area (Å²) in [6.07, 6.45) is 1.96. The third-order valence-electron chi connectivity index (χ3n) is 2.36. The molecule has 0 heterocycles. The number of benzene rings is 1. The number of fused-ring (bicyclic) bond motifs is 1. The largest absolute Gasteiger partial charge is 0.508 e. The van der Waals surface area contributed by atoms with Crippen molar-refractivity contribution >= 4 is 11.8 Å². The fourth-order valence-electron chi connectivity index (χ4n) is 1.77. The summed E-state index contributed by atoms with van der Waals surface area (Å²) in [4.78, 5) is 2.67. The Kier molecular flexibility index (Phi) is 1.95. The quantitative estimate of drug-likeness (QED) is 0.654. The molecular formula is C9H10ClNO. The average molecular weight is 184 g/mol. The van der Waals surface area contributed by atoms with Crippen LogP contribution >= 0.6 is 11.8 Å². The number of aryl methyl sites for hydroxylation is 1. The Labute approximate surface area is 76.3 Å². The summed E-state index contributed by atoms with van der Waals surface area (Å²) in [5.74, 6) is 0.350. The van der Waals surface area contributed by atoms with Crippen molar-refractivity contribution in [2.45, 2.75) is 18.9 Å². The van der Waals surface area contributed by atoms with Crippen molar-refractivity contribution in [2.75, 3.05) is 0 Å². The highest BCUT2D eigenvalue weighted by atomic mass is 35.5. The zero-order valence-electron chi connectivity index (χ0n) is 6.55. The molecule has 1 aliphatic rings. The van der Waals surface area contributed by atoms with Crippen molar-refractivity contribution in [1.29, 1.82) is 0 Å². The molecule has 2 N–H and O–H groups in total. The van der Waals surface area contributed by atoms with Crippen LogP contribution in [0.3, 0.4) is 0 Å². The maximum Gasteiger partial charge on any atom is 0.120 e. The van der Waals surface area contributed by atoms with Gasteiger partial charge in [-0.25, -0.2) is 4.84 Å². The molecule has 0 amide bonds. The van der Waals surface area contributed by atoms with Gasteiger partial charge in [-0.3, -0.25) is 0 Å². The molecule has 1 aromatic carbocycles. The number of nitrogens with one attached hydrogen (secondary N) is 1. The van der Waals surface area contributed by atoms with Crippen molar-refractivity contribution in [3.8, 4) is 5.75 Å². The number of phenolic OH excluding ortho intramolecular Hbond substituents is 1. The van der Waals surface area contributed by atoms with Crippen LogP contribution in [0.25, 0.3) is 0 Å². The van der Waals surface area contributed by atoms with Gasteiger partial charge >= 0.3 is 0 Å². The molecule has 0 radical (unpaired) electrons. The lowest BCUT2D eigenvalue weighted by Gasteiger charge is -2.09. The zero-order chi connectivity index (χ0) is 8.55. The molecule has 1 unspecified atom stereocenters. The number of hydrogen-bond acceptors (Lipinski definition) is 2. The molecule has 2 nitrogen and oxygen atoms in total. The molecule has 0 saturated carbocycles. The highest BCUT2D eigenvalue weighted by Gasteiger charge is 2.24. The molecule has 0 spiro atoms. The number of rotatable bonds is 1. The van der Waals surface area contributed by atoms with Gasteiger partial charge in [0.2, 0.25) is 0 Å². The Morgan fingerprint density at radius 3 is 3.08 bits per heavy atom. The first-order valence-electron chi connectivity index (χ1n) is 4.00. The van der Waals surface area contributed by atoms with Crippen molar-refractivity contribution in [3.63, 3.8) is 0 Å². The Morgan fingerprint density at radius 2 is 2.33 bits per heavy atom. The van der Waals surface area contributed by atoms with Gasteiger partial charge in [0.25, 0.3) is 0 Å². The lowest BCUT2D eigenvalue weighted by atomic mass is 10.1. The van der Waals surface area contributed by atoms with E-state index in [9.17, 15) is 5.11 Å². The second-order valence-electron chi connectivity index (χ2n) is 3.05. The smallest absolute Gasteiger partial charge is 0.120 e. The predicted molar refractivity (Wildman–Crippen MR) is 48.2 cm³/mol. The maximum atomic E-state index is 9.53. The van der Waals surface area contributed by atoms with Gasteiger partial charge < -0.3 is 5.11 Å². The van der Waals surface area contributed by atoms with Crippen molar-refractivity contribution in [3.05, 3.63) is 29.3 Å². The minimum Gasteiger partial charge on any atom is -0.508 e. The monoisotopic (exact) mass is 183 g/mol. The highest BCUT2D eigenvalue weighted by Crippen LogP contribution is 2.37. The second kappa shape index (κ2) is 2.96. The Balaban J connectivity index is 2.48. The second-order valence-corrected chi connectivity index (χ2v) is 3.27. The van der Waals surface area contributed by atoms with Crippen LogP contribution in [0, 0.1) is 0 Å². The zero-order valence-corrected chi connectivity index (χ0v) is 7.30. The van der Waals surface area contributed by atoms with Crippen LogP contribution < -0.4 is 4.84 Å². The summed E-state index contributed by atoms with van der Waals surface area (Å²) >= 11 is 5.55. The maximum absolute atomic E-state index is 9.53. The van der Waals surface area contributed by atoms with E-state index < -0.39 is 0 Å². The summed E-state index contributed by atoms with van der Waals surface area (Å²) in [6.45, 7) is 0. The lowest BCUT2D eigenvalue weighted by molar-refractivity contribution is 0.461. The normalized spacial score (nSPS) is 20.9. The number of aromatic hydroxyl groups is 1. The van der Waals surface area contributed by atoms with E-state index in [0.717, 1.165) is 18.4 Å². The lowest BCUT2D eigenvalue weighted by Crippen LogP contribution is -2.06. The summed E-state index contributed by atoms with van der Waals surface area (Å²) in [5.41, 5.74) is 2.17. The number of phenols is 1. The molecule has 0 bridgehead atoms. The molecule has 0 saturated heterocycles. The molecule has 1 aliphatic carbocycles. The van der Waals surface area contributed by atoms with Gasteiger partial charge in [-0.2, -0.15) is 0 Å². The first-order chi connectivity index (χ1) is 5.83. The molecule has 12 heavy (non-hydrogen) atoms. The van der Waals surface area contributed by atoms with Gasteiger partial charge in [0.15, 0.2) is 0 Å². The molecule has 2 rings (SSSR count). The Morgan fingerprint density at radius 1 is 1.50 bits per heavy atom. The van der Waals surface area contributed by atoms with Crippen LogP contribution in [0.4, 0.5) is 0 Å². The fourth-order valence-corrected chi connectivity index (χ4v) is 1.99. The molecule has 0 aromatic heterocycles.